The topological polar surface area (TPSA) is 71.4 Å². The summed E-state index contributed by atoms with van der Waals surface area (Å²) in [7, 11) is -1.64. The van der Waals surface area contributed by atoms with E-state index in [2.05, 4.69) is 12.2 Å². The Morgan fingerprint density at radius 1 is 1.39 bits per heavy atom. The van der Waals surface area contributed by atoms with Crippen LogP contribution in [-0.4, -0.2) is 42.3 Å². The van der Waals surface area contributed by atoms with Crippen LogP contribution < -0.4 is 5.32 Å². The van der Waals surface area contributed by atoms with Crippen molar-refractivity contribution in [1.29, 1.82) is 0 Å². The van der Waals surface area contributed by atoms with Crippen LogP contribution in [0.2, 0.25) is 0 Å². The van der Waals surface area contributed by atoms with Gasteiger partial charge in [0.2, 0.25) is 15.9 Å². The number of carbonyl (C=O) groups excluding carboxylic acids is 1. The maximum absolute atomic E-state index is 12.6. The van der Waals surface area contributed by atoms with Gasteiger partial charge in [-0.15, -0.1) is 0 Å². The van der Waals surface area contributed by atoms with Crippen LogP contribution in [-0.2, 0) is 21.9 Å². The van der Waals surface area contributed by atoms with Crippen molar-refractivity contribution in [2.45, 2.75) is 50.5 Å². The zero-order valence-electron chi connectivity index (χ0n) is 14.2. The SMILES string of the molecule is CCCC(C)NC(=O)C1CCN(S(=O)(=O)c2ccn(C)c2)CC1. The molecule has 130 valence electrons. The molecule has 0 radical (unpaired) electrons. The molecule has 6 nitrogen and oxygen atoms in total. The van der Waals surface area contributed by atoms with Crippen LogP contribution in [0.3, 0.4) is 0 Å². The molecule has 1 aliphatic heterocycles. The lowest BCUT2D eigenvalue weighted by Gasteiger charge is -2.30. The van der Waals surface area contributed by atoms with Gasteiger partial charge in [0.25, 0.3) is 0 Å². The van der Waals surface area contributed by atoms with Crippen LogP contribution in [0.4, 0.5) is 0 Å². The van der Waals surface area contributed by atoms with E-state index in [0.29, 0.717) is 30.8 Å². The van der Waals surface area contributed by atoms with E-state index in [4.69, 9.17) is 0 Å². The number of hydrogen-bond donors (Lipinski definition) is 1. The van der Waals surface area contributed by atoms with E-state index in [1.807, 2.05) is 6.92 Å². The maximum Gasteiger partial charge on any atom is 0.244 e. The van der Waals surface area contributed by atoms with Crippen LogP contribution in [0.5, 0.6) is 0 Å². The highest BCUT2D eigenvalue weighted by Crippen LogP contribution is 2.24. The molecule has 0 spiro atoms. The largest absolute Gasteiger partial charge is 0.356 e. The molecule has 0 aromatic carbocycles. The van der Waals surface area contributed by atoms with Gasteiger partial charge in [-0.05, 0) is 32.3 Å². The van der Waals surface area contributed by atoms with E-state index in [0.717, 1.165) is 12.8 Å². The minimum Gasteiger partial charge on any atom is -0.356 e. The van der Waals surface area contributed by atoms with E-state index < -0.39 is 10.0 Å². The number of carbonyl (C=O) groups is 1. The third-order valence-electron chi connectivity index (χ3n) is 4.38. The zero-order chi connectivity index (χ0) is 17.0. The Balaban J connectivity index is 1.92. The van der Waals surface area contributed by atoms with Gasteiger partial charge in [0, 0.05) is 44.5 Å². The summed E-state index contributed by atoms with van der Waals surface area (Å²) in [5.74, 6) is -0.0285. The fraction of sp³-hybridized carbons (Fsp3) is 0.688. The van der Waals surface area contributed by atoms with Gasteiger partial charge in [0.15, 0.2) is 0 Å². The highest BCUT2D eigenvalue weighted by molar-refractivity contribution is 7.89. The van der Waals surface area contributed by atoms with E-state index >= 15 is 0 Å². The molecule has 1 amide bonds. The number of aromatic nitrogens is 1. The number of amides is 1. The van der Waals surface area contributed by atoms with Gasteiger partial charge in [-0.2, -0.15) is 4.31 Å². The number of hydrogen-bond acceptors (Lipinski definition) is 3. The van der Waals surface area contributed by atoms with Gasteiger partial charge in [0.05, 0.1) is 4.90 Å². The molecule has 1 saturated heterocycles. The van der Waals surface area contributed by atoms with E-state index in [1.165, 1.54) is 4.31 Å². The smallest absolute Gasteiger partial charge is 0.244 e. The van der Waals surface area contributed by atoms with Crippen LogP contribution in [0.25, 0.3) is 0 Å². The normalized spacial score (nSPS) is 18.7. The van der Waals surface area contributed by atoms with Gasteiger partial charge >= 0.3 is 0 Å². The molecule has 1 N–H and O–H groups in total. The molecule has 23 heavy (non-hydrogen) atoms. The first kappa shape index (κ1) is 18.0. The van der Waals surface area contributed by atoms with Crippen LogP contribution in [0.1, 0.15) is 39.5 Å². The van der Waals surface area contributed by atoms with Crippen molar-refractivity contribution in [2.75, 3.05) is 13.1 Å². The van der Waals surface area contributed by atoms with Crippen molar-refractivity contribution >= 4 is 15.9 Å². The lowest BCUT2D eigenvalue weighted by molar-refractivity contribution is -0.126. The molecule has 1 aromatic heterocycles. The minimum absolute atomic E-state index is 0.0581. The molecule has 0 aliphatic carbocycles. The molecule has 1 aliphatic rings. The molecular weight excluding hydrogens is 314 g/mol. The van der Waals surface area contributed by atoms with Crippen molar-refractivity contribution in [1.82, 2.24) is 14.2 Å². The van der Waals surface area contributed by atoms with Gasteiger partial charge in [-0.25, -0.2) is 8.42 Å². The molecule has 1 aromatic rings. The fourth-order valence-corrected chi connectivity index (χ4v) is 4.53. The van der Waals surface area contributed by atoms with Crippen molar-refractivity contribution in [2.24, 2.45) is 13.0 Å². The monoisotopic (exact) mass is 341 g/mol. The second kappa shape index (κ2) is 7.49. The van der Waals surface area contributed by atoms with E-state index in [1.54, 1.807) is 30.1 Å². The van der Waals surface area contributed by atoms with Crippen molar-refractivity contribution in [3.8, 4) is 0 Å². The summed E-state index contributed by atoms with van der Waals surface area (Å²) < 4.78 is 28.3. The summed E-state index contributed by atoms with van der Waals surface area (Å²) in [4.78, 5) is 12.5. The lowest BCUT2D eigenvalue weighted by Crippen LogP contribution is -2.44. The molecular formula is C16H27N3O3S. The summed E-state index contributed by atoms with van der Waals surface area (Å²) in [6, 6.07) is 1.79. The summed E-state index contributed by atoms with van der Waals surface area (Å²) in [6.45, 7) is 4.90. The van der Waals surface area contributed by atoms with Gasteiger partial charge in [0.1, 0.15) is 0 Å². The predicted molar refractivity (Wildman–Crippen MR) is 89.4 cm³/mol. The Bertz CT molecular complexity index is 631. The number of rotatable bonds is 6. The molecule has 1 atom stereocenters. The molecule has 0 bridgehead atoms. The number of piperidine rings is 1. The van der Waals surface area contributed by atoms with Gasteiger partial charge in [-0.1, -0.05) is 13.3 Å². The second-order valence-electron chi connectivity index (χ2n) is 6.39. The number of nitrogens with one attached hydrogen (secondary N) is 1. The molecule has 7 heteroatoms. The maximum atomic E-state index is 12.6. The highest BCUT2D eigenvalue weighted by Gasteiger charge is 2.32. The molecule has 1 unspecified atom stereocenters. The summed E-state index contributed by atoms with van der Waals surface area (Å²) in [5, 5.41) is 3.03. The number of aryl methyl sites for hydroxylation is 1. The Kier molecular flexibility index (Phi) is 5.86. The summed E-state index contributed by atoms with van der Waals surface area (Å²) in [6.07, 6.45) is 6.50. The van der Waals surface area contributed by atoms with Crippen LogP contribution in [0.15, 0.2) is 23.4 Å². The molecule has 2 rings (SSSR count). The van der Waals surface area contributed by atoms with Gasteiger partial charge < -0.3 is 9.88 Å². The summed E-state index contributed by atoms with van der Waals surface area (Å²) >= 11 is 0. The minimum atomic E-state index is -3.44. The highest BCUT2D eigenvalue weighted by atomic mass is 32.2. The quantitative estimate of drug-likeness (QED) is 0.856. The average Bonchev–Trinajstić information content (AvgIpc) is 2.95. The number of nitrogens with zero attached hydrogens (tertiary/aromatic N) is 2. The molecule has 2 heterocycles. The third kappa shape index (κ3) is 4.35. The summed E-state index contributed by atoms with van der Waals surface area (Å²) in [5.41, 5.74) is 0. The Morgan fingerprint density at radius 3 is 2.57 bits per heavy atom. The zero-order valence-corrected chi connectivity index (χ0v) is 15.0. The first-order valence-corrected chi connectivity index (χ1v) is 9.71. The second-order valence-corrected chi connectivity index (χ2v) is 8.33. The van der Waals surface area contributed by atoms with Crippen LogP contribution in [0, 0.1) is 5.92 Å². The first-order chi connectivity index (χ1) is 10.8. The van der Waals surface area contributed by atoms with E-state index in [-0.39, 0.29) is 17.9 Å². The molecule has 1 fully saturated rings. The molecule has 0 saturated carbocycles. The van der Waals surface area contributed by atoms with Crippen LogP contribution >= 0.6 is 0 Å². The van der Waals surface area contributed by atoms with E-state index in [9.17, 15) is 13.2 Å². The predicted octanol–water partition coefficient (Wildman–Crippen LogP) is 1.73. The standard InChI is InChI=1S/C16H27N3O3S/c1-4-5-13(2)17-16(20)14-6-10-19(11-7-14)23(21,22)15-8-9-18(3)12-15/h8-9,12-14H,4-7,10-11H2,1-3H3,(H,17,20). The fourth-order valence-electron chi connectivity index (χ4n) is 3.00. The van der Waals surface area contributed by atoms with Crippen molar-refractivity contribution in [3.63, 3.8) is 0 Å². The first-order valence-electron chi connectivity index (χ1n) is 8.27. The van der Waals surface area contributed by atoms with Crippen molar-refractivity contribution in [3.05, 3.63) is 18.5 Å². The number of sulfonamides is 1. The Morgan fingerprint density at radius 2 is 2.04 bits per heavy atom. The third-order valence-corrected chi connectivity index (χ3v) is 6.26. The average molecular weight is 341 g/mol. The Hall–Kier alpha value is -1.34. The lowest BCUT2D eigenvalue weighted by atomic mass is 9.96. The van der Waals surface area contributed by atoms with Crippen molar-refractivity contribution < 1.29 is 13.2 Å². The van der Waals surface area contributed by atoms with Gasteiger partial charge in [-0.3, -0.25) is 4.79 Å². The Labute approximate surface area is 138 Å².